The zero-order chi connectivity index (χ0) is 7.52. The molecule has 2 fully saturated rings. The molecule has 0 aromatic rings. The first-order chi connectivity index (χ1) is 5.45. The first-order valence-corrected chi connectivity index (χ1v) is 4.51. The summed E-state index contributed by atoms with van der Waals surface area (Å²) in [4.78, 5) is 0. The van der Waals surface area contributed by atoms with Gasteiger partial charge in [0.25, 0.3) is 0 Å². The van der Waals surface area contributed by atoms with E-state index in [1.54, 1.807) is 0 Å². The third kappa shape index (κ3) is 2.43. The molecule has 0 unspecified atom stereocenters. The molecule has 0 amide bonds. The molecule has 3 nitrogen and oxygen atoms in total. The lowest BCUT2D eigenvalue weighted by molar-refractivity contribution is 0.0113. The van der Waals surface area contributed by atoms with Crippen molar-refractivity contribution in [1.82, 2.24) is 10.4 Å². The molecule has 2 aliphatic rings. The minimum atomic E-state index is 0.887. The summed E-state index contributed by atoms with van der Waals surface area (Å²) in [6, 6.07) is 0. The number of hydrazine groups is 1. The van der Waals surface area contributed by atoms with E-state index >= 15 is 0 Å². The highest BCUT2D eigenvalue weighted by Crippen LogP contribution is 2.27. The van der Waals surface area contributed by atoms with Crippen molar-refractivity contribution in [2.24, 2.45) is 5.92 Å². The van der Waals surface area contributed by atoms with Crippen molar-refractivity contribution in [2.45, 2.75) is 12.8 Å². The van der Waals surface area contributed by atoms with Crippen molar-refractivity contribution in [2.75, 3.05) is 32.8 Å². The minimum Gasteiger partial charge on any atom is -0.379 e. The van der Waals surface area contributed by atoms with E-state index in [1.165, 1.54) is 19.4 Å². The zero-order valence-corrected chi connectivity index (χ0v) is 6.88. The van der Waals surface area contributed by atoms with Crippen molar-refractivity contribution < 1.29 is 4.74 Å². The molecule has 1 heterocycles. The number of nitrogens with one attached hydrogen (secondary N) is 1. The highest BCUT2D eigenvalue weighted by atomic mass is 16.5. The Morgan fingerprint density at radius 2 is 2.00 bits per heavy atom. The maximum absolute atomic E-state index is 5.24. The van der Waals surface area contributed by atoms with Gasteiger partial charge in [0.2, 0.25) is 0 Å². The molecule has 0 aromatic heterocycles. The summed E-state index contributed by atoms with van der Waals surface area (Å²) in [6.45, 7) is 5.05. The number of rotatable bonds is 3. The van der Waals surface area contributed by atoms with Crippen LogP contribution in [-0.2, 0) is 4.74 Å². The second-order valence-corrected chi connectivity index (χ2v) is 3.41. The Balaban J connectivity index is 1.59. The van der Waals surface area contributed by atoms with E-state index in [4.69, 9.17) is 4.74 Å². The van der Waals surface area contributed by atoms with E-state index < -0.39 is 0 Å². The van der Waals surface area contributed by atoms with Crippen molar-refractivity contribution >= 4 is 0 Å². The summed E-state index contributed by atoms with van der Waals surface area (Å²) in [6.07, 6.45) is 2.86. The van der Waals surface area contributed by atoms with Crippen molar-refractivity contribution in [3.05, 3.63) is 0 Å². The van der Waals surface area contributed by atoms with Gasteiger partial charge < -0.3 is 4.74 Å². The SMILES string of the molecule is C1CN(NCC2CC2)CCO1. The smallest absolute Gasteiger partial charge is 0.0608 e. The first kappa shape index (κ1) is 7.53. The number of hydrogen-bond acceptors (Lipinski definition) is 3. The van der Waals surface area contributed by atoms with Gasteiger partial charge in [-0.2, -0.15) is 0 Å². The van der Waals surface area contributed by atoms with Crippen LogP contribution >= 0.6 is 0 Å². The first-order valence-electron chi connectivity index (χ1n) is 4.51. The van der Waals surface area contributed by atoms with Crippen LogP contribution in [0.1, 0.15) is 12.8 Å². The normalized spacial score (nSPS) is 27.3. The molecule has 1 saturated carbocycles. The van der Waals surface area contributed by atoms with Crippen LogP contribution in [0.4, 0.5) is 0 Å². The number of ether oxygens (including phenoxy) is 1. The largest absolute Gasteiger partial charge is 0.379 e. The Hall–Kier alpha value is -0.120. The Labute approximate surface area is 67.7 Å². The lowest BCUT2D eigenvalue weighted by atomic mass is 10.4. The zero-order valence-electron chi connectivity index (χ0n) is 6.88. The molecule has 0 bridgehead atoms. The van der Waals surface area contributed by atoms with Crippen molar-refractivity contribution in [3.63, 3.8) is 0 Å². The number of hydrogen-bond donors (Lipinski definition) is 1. The molecule has 3 heteroatoms. The van der Waals surface area contributed by atoms with Crippen molar-refractivity contribution in [3.8, 4) is 0 Å². The van der Waals surface area contributed by atoms with E-state index in [9.17, 15) is 0 Å². The Bertz CT molecular complexity index is 119. The van der Waals surface area contributed by atoms with Crippen LogP contribution in [0.3, 0.4) is 0 Å². The van der Waals surface area contributed by atoms with Gasteiger partial charge in [-0.1, -0.05) is 0 Å². The third-order valence-corrected chi connectivity index (χ3v) is 2.31. The Morgan fingerprint density at radius 1 is 1.27 bits per heavy atom. The molecule has 0 spiro atoms. The highest BCUT2D eigenvalue weighted by molar-refractivity contribution is 4.75. The lowest BCUT2D eigenvalue weighted by Crippen LogP contribution is -2.46. The van der Waals surface area contributed by atoms with Crippen LogP contribution in [0, 0.1) is 5.92 Å². The standard InChI is InChI=1S/C8H16N2O/c1-2-8(1)7-9-10-3-5-11-6-4-10/h8-9H,1-7H2. The second-order valence-electron chi connectivity index (χ2n) is 3.41. The summed E-state index contributed by atoms with van der Waals surface area (Å²) in [5.74, 6) is 0.970. The predicted octanol–water partition coefficient (Wildman–Crippen LogP) is 0.233. The fourth-order valence-electron chi connectivity index (χ4n) is 1.30. The molecule has 0 radical (unpaired) electrons. The topological polar surface area (TPSA) is 24.5 Å². The molecule has 1 aliphatic carbocycles. The average Bonchev–Trinajstić information content (AvgIpc) is 2.86. The van der Waals surface area contributed by atoms with Gasteiger partial charge in [-0.05, 0) is 18.8 Å². The molecule has 11 heavy (non-hydrogen) atoms. The summed E-state index contributed by atoms with van der Waals surface area (Å²) in [5.41, 5.74) is 3.44. The molecule has 0 atom stereocenters. The van der Waals surface area contributed by atoms with Crippen LogP contribution in [0.15, 0.2) is 0 Å². The van der Waals surface area contributed by atoms with Crippen LogP contribution < -0.4 is 5.43 Å². The van der Waals surface area contributed by atoms with Crippen LogP contribution in [0.5, 0.6) is 0 Å². The molecule has 0 aromatic carbocycles. The maximum atomic E-state index is 5.24. The van der Waals surface area contributed by atoms with Crippen LogP contribution in [0.2, 0.25) is 0 Å². The predicted molar refractivity (Wildman–Crippen MR) is 43.1 cm³/mol. The van der Waals surface area contributed by atoms with E-state index in [2.05, 4.69) is 10.4 Å². The van der Waals surface area contributed by atoms with Gasteiger partial charge in [-0.15, -0.1) is 0 Å². The second kappa shape index (κ2) is 3.52. The molecule has 64 valence electrons. The fourth-order valence-corrected chi connectivity index (χ4v) is 1.30. The Kier molecular flexibility index (Phi) is 2.41. The number of morpholine rings is 1. The lowest BCUT2D eigenvalue weighted by Gasteiger charge is -2.27. The number of nitrogens with zero attached hydrogens (tertiary/aromatic N) is 1. The third-order valence-electron chi connectivity index (χ3n) is 2.31. The van der Waals surface area contributed by atoms with Gasteiger partial charge in [0, 0.05) is 19.6 Å². The Morgan fingerprint density at radius 3 is 2.64 bits per heavy atom. The molecular formula is C8H16N2O. The van der Waals surface area contributed by atoms with Gasteiger partial charge >= 0.3 is 0 Å². The minimum absolute atomic E-state index is 0.887. The van der Waals surface area contributed by atoms with Gasteiger partial charge in [-0.25, -0.2) is 5.01 Å². The van der Waals surface area contributed by atoms with Gasteiger partial charge in [0.15, 0.2) is 0 Å². The fraction of sp³-hybridized carbons (Fsp3) is 1.00. The average molecular weight is 156 g/mol. The summed E-state index contributed by atoms with van der Waals surface area (Å²) >= 11 is 0. The summed E-state index contributed by atoms with van der Waals surface area (Å²) in [5, 5.41) is 2.28. The molecular weight excluding hydrogens is 140 g/mol. The van der Waals surface area contributed by atoms with Crippen molar-refractivity contribution in [1.29, 1.82) is 0 Å². The van der Waals surface area contributed by atoms with E-state index in [0.717, 1.165) is 32.2 Å². The van der Waals surface area contributed by atoms with E-state index in [1.807, 2.05) is 0 Å². The van der Waals surface area contributed by atoms with Gasteiger partial charge in [0.05, 0.1) is 13.2 Å². The van der Waals surface area contributed by atoms with Gasteiger partial charge in [0.1, 0.15) is 0 Å². The van der Waals surface area contributed by atoms with E-state index in [0.29, 0.717) is 0 Å². The summed E-state index contributed by atoms with van der Waals surface area (Å²) in [7, 11) is 0. The van der Waals surface area contributed by atoms with Gasteiger partial charge in [-0.3, -0.25) is 5.43 Å². The summed E-state index contributed by atoms with van der Waals surface area (Å²) < 4.78 is 5.24. The molecule has 2 rings (SSSR count). The monoisotopic (exact) mass is 156 g/mol. The van der Waals surface area contributed by atoms with E-state index in [-0.39, 0.29) is 0 Å². The van der Waals surface area contributed by atoms with Crippen LogP contribution in [0.25, 0.3) is 0 Å². The quantitative estimate of drug-likeness (QED) is 0.633. The maximum Gasteiger partial charge on any atom is 0.0608 e. The molecule has 1 N–H and O–H groups in total. The highest BCUT2D eigenvalue weighted by Gasteiger charge is 2.21. The molecule has 1 saturated heterocycles. The molecule has 1 aliphatic heterocycles. The van der Waals surface area contributed by atoms with Crippen LogP contribution in [-0.4, -0.2) is 37.9 Å².